The molecular weight excluding hydrogens is 334 g/mol. The lowest BCUT2D eigenvalue weighted by molar-refractivity contribution is -0.120. The average molecular weight is 355 g/mol. The molecule has 1 aliphatic heterocycles. The third-order valence-corrected chi connectivity index (χ3v) is 4.17. The fraction of sp³-hybridized carbons (Fsp3) is 0.333. The van der Waals surface area contributed by atoms with Crippen molar-refractivity contribution in [3.63, 3.8) is 0 Å². The van der Waals surface area contributed by atoms with E-state index in [9.17, 15) is 9.59 Å². The van der Waals surface area contributed by atoms with Crippen LogP contribution in [0.2, 0.25) is 0 Å². The highest BCUT2D eigenvalue weighted by Gasteiger charge is 2.26. The van der Waals surface area contributed by atoms with Crippen LogP contribution in [0, 0.1) is 5.92 Å². The molecule has 0 spiro atoms. The summed E-state index contributed by atoms with van der Waals surface area (Å²) in [7, 11) is 0. The average Bonchev–Trinajstić information content (AvgIpc) is 2.68. The van der Waals surface area contributed by atoms with E-state index in [-0.39, 0.29) is 18.4 Å². The van der Waals surface area contributed by atoms with E-state index in [1.54, 1.807) is 42.9 Å². The first-order valence-electron chi connectivity index (χ1n) is 8.45. The summed E-state index contributed by atoms with van der Waals surface area (Å²) >= 11 is 0. The van der Waals surface area contributed by atoms with Gasteiger partial charge in [-0.2, -0.15) is 0 Å². The molecule has 136 valence electrons. The number of rotatable bonds is 6. The number of amides is 2. The fourth-order valence-corrected chi connectivity index (χ4v) is 2.89. The second-order valence-corrected chi connectivity index (χ2v) is 6.12. The maximum absolute atomic E-state index is 12.6. The quantitative estimate of drug-likeness (QED) is 0.805. The van der Waals surface area contributed by atoms with E-state index in [0.717, 1.165) is 25.2 Å². The molecule has 26 heavy (non-hydrogen) atoms. The van der Waals surface area contributed by atoms with Crippen molar-refractivity contribution in [2.45, 2.75) is 12.8 Å². The topological polar surface area (TPSA) is 110 Å². The van der Waals surface area contributed by atoms with Gasteiger partial charge in [0.15, 0.2) is 6.61 Å². The first-order chi connectivity index (χ1) is 12.6. The van der Waals surface area contributed by atoms with Crippen molar-refractivity contribution < 1.29 is 14.3 Å². The van der Waals surface area contributed by atoms with Crippen LogP contribution in [0.15, 0.2) is 42.9 Å². The molecule has 2 heterocycles. The minimum absolute atomic E-state index is 0.0237. The number of carbonyl (C=O) groups excluding carboxylic acids is 2. The molecule has 3 N–H and O–H groups in total. The van der Waals surface area contributed by atoms with Crippen LogP contribution in [0.1, 0.15) is 12.8 Å². The fourth-order valence-electron chi connectivity index (χ4n) is 2.89. The Morgan fingerprint density at radius 1 is 1.27 bits per heavy atom. The SMILES string of the molecule is NC(=O)COc1ccc(NC(=O)[C@@H]2CCCN(c3cnccn3)C2)cc1. The van der Waals surface area contributed by atoms with Crippen LogP contribution >= 0.6 is 0 Å². The van der Waals surface area contributed by atoms with Crippen LogP contribution in [0.5, 0.6) is 5.75 Å². The number of nitrogens with zero attached hydrogens (tertiary/aromatic N) is 3. The highest BCUT2D eigenvalue weighted by Crippen LogP contribution is 2.23. The molecule has 0 aliphatic carbocycles. The predicted molar refractivity (Wildman–Crippen MR) is 96.7 cm³/mol. The van der Waals surface area contributed by atoms with Gasteiger partial charge >= 0.3 is 0 Å². The van der Waals surface area contributed by atoms with E-state index < -0.39 is 5.91 Å². The van der Waals surface area contributed by atoms with E-state index in [1.807, 2.05) is 0 Å². The minimum Gasteiger partial charge on any atom is -0.484 e. The Kier molecular flexibility index (Phi) is 5.62. The zero-order chi connectivity index (χ0) is 18.4. The molecule has 0 radical (unpaired) electrons. The number of carbonyl (C=O) groups is 2. The molecule has 1 saturated heterocycles. The molecule has 2 aromatic rings. The van der Waals surface area contributed by atoms with E-state index in [0.29, 0.717) is 18.0 Å². The Hall–Kier alpha value is -3.16. The number of hydrogen-bond donors (Lipinski definition) is 2. The third-order valence-electron chi connectivity index (χ3n) is 4.17. The lowest BCUT2D eigenvalue weighted by atomic mass is 9.97. The second-order valence-electron chi connectivity index (χ2n) is 6.12. The van der Waals surface area contributed by atoms with Gasteiger partial charge in [-0.1, -0.05) is 0 Å². The molecule has 1 fully saturated rings. The van der Waals surface area contributed by atoms with Crippen molar-refractivity contribution in [2.75, 3.05) is 29.9 Å². The Bertz CT molecular complexity index is 751. The van der Waals surface area contributed by atoms with Crippen LogP contribution in [0.25, 0.3) is 0 Å². The summed E-state index contributed by atoms with van der Waals surface area (Å²) in [6, 6.07) is 6.84. The highest BCUT2D eigenvalue weighted by atomic mass is 16.5. The number of piperidine rings is 1. The van der Waals surface area contributed by atoms with Gasteiger partial charge in [0, 0.05) is 31.2 Å². The summed E-state index contributed by atoms with van der Waals surface area (Å²) in [5.41, 5.74) is 5.72. The Morgan fingerprint density at radius 3 is 2.77 bits per heavy atom. The summed E-state index contributed by atoms with van der Waals surface area (Å²) in [5.74, 6) is 0.641. The second kappa shape index (κ2) is 8.28. The number of aromatic nitrogens is 2. The standard InChI is InChI=1S/C18H21N5O3/c19-16(24)12-26-15-5-3-14(4-6-15)22-18(25)13-2-1-9-23(11-13)17-10-20-7-8-21-17/h3-8,10,13H,1-2,9,11-12H2,(H2,19,24)(H,22,25)/t13-/m1/s1. The number of ether oxygens (including phenoxy) is 1. The zero-order valence-electron chi connectivity index (χ0n) is 14.3. The third kappa shape index (κ3) is 4.69. The largest absolute Gasteiger partial charge is 0.484 e. The number of hydrogen-bond acceptors (Lipinski definition) is 6. The number of benzene rings is 1. The lowest BCUT2D eigenvalue weighted by Crippen LogP contribution is -2.41. The first kappa shape index (κ1) is 17.7. The normalized spacial score (nSPS) is 16.8. The molecule has 2 amide bonds. The summed E-state index contributed by atoms with van der Waals surface area (Å²) in [5, 5.41) is 2.93. The molecule has 8 nitrogen and oxygen atoms in total. The molecule has 1 aromatic carbocycles. The van der Waals surface area contributed by atoms with Crippen LogP contribution in [-0.4, -0.2) is 41.5 Å². The lowest BCUT2D eigenvalue weighted by Gasteiger charge is -2.32. The summed E-state index contributed by atoms with van der Waals surface area (Å²) in [6.07, 6.45) is 6.76. The molecule has 1 aliphatic rings. The van der Waals surface area contributed by atoms with Crippen LogP contribution in [0.4, 0.5) is 11.5 Å². The van der Waals surface area contributed by atoms with Gasteiger partial charge in [-0.3, -0.25) is 14.6 Å². The molecule has 8 heteroatoms. The summed E-state index contributed by atoms with van der Waals surface area (Å²) in [4.78, 5) is 33.8. The van der Waals surface area contributed by atoms with E-state index in [2.05, 4.69) is 20.2 Å². The maximum atomic E-state index is 12.6. The number of nitrogens with two attached hydrogens (primary N) is 1. The summed E-state index contributed by atoms with van der Waals surface area (Å²) in [6.45, 7) is 1.31. The van der Waals surface area contributed by atoms with Gasteiger partial charge in [0.1, 0.15) is 11.6 Å². The van der Waals surface area contributed by atoms with Crippen molar-refractivity contribution in [3.8, 4) is 5.75 Å². The van der Waals surface area contributed by atoms with Gasteiger partial charge in [-0.25, -0.2) is 4.98 Å². The van der Waals surface area contributed by atoms with Crippen LogP contribution in [0.3, 0.4) is 0 Å². The van der Waals surface area contributed by atoms with E-state index in [4.69, 9.17) is 10.5 Å². The van der Waals surface area contributed by atoms with Crippen molar-refractivity contribution >= 4 is 23.3 Å². The Labute approximate surface area is 151 Å². The molecule has 3 rings (SSSR count). The summed E-state index contributed by atoms with van der Waals surface area (Å²) < 4.78 is 5.20. The van der Waals surface area contributed by atoms with Gasteiger partial charge in [0.05, 0.1) is 12.1 Å². The van der Waals surface area contributed by atoms with Crippen molar-refractivity contribution in [2.24, 2.45) is 11.7 Å². The monoisotopic (exact) mass is 355 g/mol. The van der Waals surface area contributed by atoms with E-state index in [1.165, 1.54) is 0 Å². The molecule has 0 bridgehead atoms. The Balaban J connectivity index is 1.56. The van der Waals surface area contributed by atoms with Gasteiger partial charge in [0.25, 0.3) is 5.91 Å². The van der Waals surface area contributed by atoms with Crippen LogP contribution in [-0.2, 0) is 9.59 Å². The van der Waals surface area contributed by atoms with E-state index >= 15 is 0 Å². The predicted octanol–water partition coefficient (Wildman–Crippen LogP) is 1.20. The maximum Gasteiger partial charge on any atom is 0.255 e. The van der Waals surface area contributed by atoms with Gasteiger partial charge in [-0.15, -0.1) is 0 Å². The first-order valence-corrected chi connectivity index (χ1v) is 8.45. The van der Waals surface area contributed by atoms with Gasteiger partial charge in [0.2, 0.25) is 5.91 Å². The number of anilines is 2. The highest BCUT2D eigenvalue weighted by molar-refractivity contribution is 5.93. The van der Waals surface area contributed by atoms with Crippen molar-refractivity contribution in [3.05, 3.63) is 42.9 Å². The molecule has 1 aromatic heterocycles. The number of primary amides is 1. The molecule has 0 saturated carbocycles. The van der Waals surface area contributed by atoms with Gasteiger partial charge < -0.3 is 20.7 Å². The molecule has 1 atom stereocenters. The minimum atomic E-state index is -0.535. The Morgan fingerprint density at radius 2 is 2.08 bits per heavy atom. The zero-order valence-corrected chi connectivity index (χ0v) is 14.3. The van der Waals surface area contributed by atoms with Crippen LogP contribution < -0.4 is 20.7 Å². The smallest absolute Gasteiger partial charge is 0.255 e. The molecule has 0 unspecified atom stereocenters. The van der Waals surface area contributed by atoms with Crippen molar-refractivity contribution in [1.29, 1.82) is 0 Å². The van der Waals surface area contributed by atoms with Crippen molar-refractivity contribution in [1.82, 2.24) is 9.97 Å². The molecular formula is C18H21N5O3. The number of nitrogens with one attached hydrogen (secondary N) is 1. The van der Waals surface area contributed by atoms with Gasteiger partial charge in [-0.05, 0) is 37.1 Å².